The molecular formula is C14H17BrClNO. The Bertz CT molecular complexity index is 399. The van der Waals surface area contributed by atoms with Crippen LogP contribution in [0, 0.1) is 5.92 Å². The number of rotatable bonds is 3. The van der Waals surface area contributed by atoms with E-state index in [-0.39, 0.29) is 5.91 Å². The van der Waals surface area contributed by atoms with Crippen LogP contribution in [0.1, 0.15) is 36.0 Å². The summed E-state index contributed by atoms with van der Waals surface area (Å²) in [6.07, 6.45) is 4.38. The zero-order chi connectivity index (χ0) is 13.0. The van der Waals surface area contributed by atoms with Gasteiger partial charge in [0.1, 0.15) is 0 Å². The van der Waals surface area contributed by atoms with Crippen LogP contribution in [0.2, 0.25) is 0 Å². The first-order valence-electron chi connectivity index (χ1n) is 6.33. The van der Waals surface area contributed by atoms with Crippen molar-refractivity contribution in [2.75, 3.05) is 6.54 Å². The molecule has 1 amide bonds. The second-order valence-corrected chi connectivity index (χ2v) is 6.37. The van der Waals surface area contributed by atoms with E-state index in [9.17, 15) is 4.79 Å². The van der Waals surface area contributed by atoms with Crippen molar-refractivity contribution in [3.05, 3.63) is 34.3 Å². The molecule has 0 radical (unpaired) electrons. The summed E-state index contributed by atoms with van der Waals surface area (Å²) < 4.78 is 0.986. The predicted octanol–water partition coefficient (Wildman–Crippen LogP) is 3.98. The minimum absolute atomic E-state index is 0.00972. The maximum Gasteiger partial charge on any atom is 0.251 e. The van der Waals surface area contributed by atoms with Gasteiger partial charge in [0.15, 0.2) is 0 Å². The lowest BCUT2D eigenvalue weighted by atomic mass is 9.89. The third kappa shape index (κ3) is 3.99. The van der Waals surface area contributed by atoms with Crippen LogP contribution in [0.15, 0.2) is 28.7 Å². The highest BCUT2D eigenvalue weighted by Crippen LogP contribution is 2.27. The largest absolute Gasteiger partial charge is 0.352 e. The lowest BCUT2D eigenvalue weighted by Gasteiger charge is -2.25. The fourth-order valence-electron chi connectivity index (χ4n) is 2.27. The van der Waals surface area contributed by atoms with E-state index in [0.717, 1.165) is 36.7 Å². The number of amides is 1. The van der Waals surface area contributed by atoms with Crippen LogP contribution in [0.5, 0.6) is 0 Å². The fraction of sp³-hybridized carbons (Fsp3) is 0.500. The van der Waals surface area contributed by atoms with Gasteiger partial charge in [-0.15, -0.1) is 11.6 Å². The van der Waals surface area contributed by atoms with E-state index in [1.165, 1.54) is 0 Å². The van der Waals surface area contributed by atoms with Gasteiger partial charge in [-0.25, -0.2) is 0 Å². The molecular weight excluding hydrogens is 314 g/mol. The topological polar surface area (TPSA) is 29.1 Å². The first-order valence-corrected chi connectivity index (χ1v) is 7.56. The van der Waals surface area contributed by atoms with Crippen molar-refractivity contribution in [2.24, 2.45) is 5.92 Å². The Labute approximate surface area is 121 Å². The van der Waals surface area contributed by atoms with Gasteiger partial charge >= 0.3 is 0 Å². The molecule has 98 valence electrons. The normalized spacial score (nSPS) is 23.7. The van der Waals surface area contributed by atoms with Gasteiger partial charge in [0.05, 0.1) is 0 Å². The van der Waals surface area contributed by atoms with Crippen molar-refractivity contribution >= 4 is 33.4 Å². The van der Waals surface area contributed by atoms with Crippen molar-refractivity contribution in [2.45, 2.75) is 31.1 Å². The molecule has 1 aromatic rings. The highest BCUT2D eigenvalue weighted by atomic mass is 79.9. The minimum atomic E-state index is 0.00972. The third-order valence-corrected chi connectivity index (χ3v) is 4.40. The number of halogens is 2. The van der Waals surface area contributed by atoms with Crippen LogP contribution in [0.4, 0.5) is 0 Å². The molecule has 0 saturated heterocycles. The molecule has 0 aromatic heterocycles. The standard InChI is InChI=1S/C14H17BrClNO/c15-12-5-3-11(4-6-12)14(18)17-9-10-1-7-13(16)8-2-10/h3-6,10,13H,1-2,7-9H2,(H,17,18). The van der Waals surface area contributed by atoms with Crippen LogP contribution in [0.3, 0.4) is 0 Å². The fourth-order valence-corrected chi connectivity index (χ4v) is 2.78. The van der Waals surface area contributed by atoms with Gasteiger partial charge in [-0.05, 0) is 55.9 Å². The Morgan fingerprint density at radius 1 is 1.22 bits per heavy atom. The maximum atomic E-state index is 11.9. The van der Waals surface area contributed by atoms with Crippen LogP contribution < -0.4 is 5.32 Å². The summed E-state index contributed by atoms with van der Waals surface area (Å²) in [6, 6.07) is 7.42. The van der Waals surface area contributed by atoms with E-state index in [4.69, 9.17) is 11.6 Å². The molecule has 1 saturated carbocycles. The van der Waals surface area contributed by atoms with E-state index in [1.54, 1.807) is 0 Å². The van der Waals surface area contributed by atoms with Gasteiger partial charge in [0, 0.05) is 22.0 Å². The number of benzene rings is 1. The van der Waals surface area contributed by atoms with E-state index < -0.39 is 0 Å². The molecule has 1 aromatic carbocycles. The van der Waals surface area contributed by atoms with Crippen molar-refractivity contribution in [3.63, 3.8) is 0 Å². The second kappa shape index (κ2) is 6.58. The summed E-state index contributed by atoms with van der Waals surface area (Å²) >= 11 is 9.42. The van der Waals surface area contributed by atoms with Gasteiger partial charge < -0.3 is 5.32 Å². The number of alkyl halides is 1. The van der Waals surface area contributed by atoms with Crippen LogP contribution in [-0.4, -0.2) is 17.8 Å². The molecule has 2 rings (SSSR count). The lowest BCUT2D eigenvalue weighted by Crippen LogP contribution is -2.31. The SMILES string of the molecule is O=C(NCC1CCC(Cl)CC1)c1ccc(Br)cc1. The summed E-state index contributed by atoms with van der Waals surface area (Å²) in [5, 5.41) is 3.34. The Kier molecular flexibility index (Phi) is 5.07. The highest BCUT2D eigenvalue weighted by molar-refractivity contribution is 9.10. The van der Waals surface area contributed by atoms with Crippen molar-refractivity contribution < 1.29 is 4.79 Å². The molecule has 1 aliphatic carbocycles. The van der Waals surface area contributed by atoms with Gasteiger partial charge in [0.2, 0.25) is 0 Å². The van der Waals surface area contributed by atoms with Crippen molar-refractivity contribution in [3.8, 4) is 0 Å². The molecule has 1 aliphatic rings. The summed E-state index contributed by atoms with van der Waals surface area (Å²) in [5.74, 6) is 0.592. The lowest BCUT2D eigenvalue weighted by molar-refractivity contribution is 0.0943. The van der Waals surface area contributed by atoms with Gasteiger partial charge in [0.25, 0.3) is 5.91 Å². The zero-order valence-electron chi connectivity index (χ0n) is 10.2. The van der Waals surface area contributed by atoms with E-state index in [1.807, 2.05) is 24.3 Å². The van der Waals surface area contributed by atoms with Crippen LogP contribution in [0.25, 0.3) is 0 Å². The molecule has 2 nitrogen and oxygen atoms in total. The van der Waals surface area contributed by atoms with Crippen molar-refractivity contribution in [1.29, 1.82) is 0 Å². The summed E-state index contributed by atoms with van der Waals surface area (Å²) in [7, 11) is 0. The quantitative estimate of drug-likeness (QED) is 0.835. The monoisotopic (exact) mass is 329 g/mol. The number of hydrogen-bond donors (Lipinski definition) is 1. The average molecular weight is 331 g/mol. The Morgan fingerprint density at radius 3 is 2.44 bits per heavy atom. The highest BCUT2D eigenvalue weighted by Gasteiger charge is 2.19. The molecule has 1 fully saturated rings. The molecule has 0 unspecified atom stereocenters. The molecule has 0 atom stereocenters. The Morgan fingerprint density at radius 2 is 1.83 bits per heavy atom. The maximum absolute atomic E-state index is 11.9. The zero-order valence-corrected chi connectivity index (χ0v) is 12.5. The first kappa shape index (κ1) is 13.9. The van der Waals surface area contributed by atoms with E-state index in [2.05, 4.69) is 21.2 Å². The number of hydrogen-bond acceptors (Lipinski definition) is 1. The predicted molar refractivity (Wildman–Crippen MR) is 78.1 cm³/mol. The summed E-state index contributed by atoms with van der Waals surface area (Å²) in [6.45, 7) is 0.762. The molecule has 0 bridgehead atoms. The average Bonchev–Trinajstić information content (AvgIpc) is 2.38. The molecule has 18 heavy (non-hydrogen) atoms. The number of carbonyl (C=O) groups is 1. The number of carbonyl (C=O) groups excluding carboxylic acids is 1. The molecule has 4 heteroatoms. The van der Waals surface area contributed by atoms with Gasteiger partial charge in [-0.3, -0.25) is 4.79 Å². The van der Waals surface area contributed by atoms with Crippen LogP contribution >= 0.6 is 27.5 Å². The minimum Gasteiger partial charge on any atom is -0.352 e. The Hall–Kier alpha value is -0.540. The molecule has 0 spiro atoms. The second-order valence-electron chi connectivity index (χ2n) is 4.83. The third-order valence-electron chi connectivity index (χ3n) is 3.43. The smallest absolute Gasteiger partial charge is 0.251 e. The number of nitrogens with one attached hydrogen (secondary N) is 1. The van der Waals surface area contributed by atoms with Crippen LogP contribution in [-0.2, 0) is 0 Å². The van der Waals surface area contributed by atoms with E-state index >= 15 is 0 Å². The first-order chi connectivity index (χ1) is 8.65. The van der Waals surface area contributed by atoms with E-state index in [0.29, 0.717) is 16.9 Å². The molecule has 0 aliphatic heterocycles. The van der Waals surface area contributed by atoms with Gasteiger partial charge in [-0.2, -0.15) is 0 Å². The molecule has 1 N–H and O–H groups in total. The van der Waals surface area contributed by atoms with Gasteiger partial charge in [-0.1, -0.05) is 15.9 Å². The van der Waals surface area contributed by atoms with Crippen molar-refractivity contribution in [1.82, 2.24) is 5.32 Å². The summed E-state index contributed by atoms with van der Waals surface area (Å²) in [4.78, 5) is 11.9. The summed E-state index contributed by atoms with van der Waals surface area (Å²) in [5.41, 5.74) is 0.712. The Balaban J connectivity index is 1.79. The molecule has 0 heterocycles.